The first kappa shape index (κ1) is 96.7. The number of benzene rings is 15. The number of para-hydroxylation sites is 5. The zero-order valence-electron chi connectivity index (χ0n) is 79.0. The highest BCUT2D eigenvalue weighted by atomic mass is 127. The highest BCUT2D eigenvalue weighted by Crippen LogP contribution is 2.45. The van der Waals surface area contributed by atoms with Gasteiger partial charge in [0, 0.05) is 194 Å². The number of halogens is 3. The summed E-state index contributed by atoms with van der Waals surface area (Å²) in [5, 5.41) is 19.8. The minimum atomic E-state index is 0. The average Bonchev–Trinajstić information content (AvgIpc) is 1.61. The molecule has 1 N–H and O–H groups in total. The minimum absolute atomic E-state index is 0. The summed E-state index contributed by atoms with van der Waals surface area (Å²) >= 11 is 5.74. The maximum atomic E-state index is 9.19. The zero-order chi connectivity index (χ0) is 99.9. The van der Waals surface area contributed by atoms with Crippen LogP contribution in [0.15, 0.2) is 495 Å². The Morgan fingerprint density at radius 2 is 0.584 bits per heavy atom. The maximum Gasteiger partial charge on any atom is 0.219 e. The second-order valence-electron chi connectivity index (χ2n) is 33.5. The molecule has 0 spiro atoms. The third-order valence-corrected chi connectivity index (χ3v) is 24.5. The van der Waals surface area contributed by atoms with Gasteiger partial charge < -0.3 is 108 Å². The number of pyridine rings is 5. The largest absolute Gasteiger partial charge is 1.00 e. The monoisotopic (exact) mass is 2250 g/mol. The number of phenols is 1. The second-order valence-corrected chi connectivity index (χ2v) is 35.6. The van der Waals surface area contributed by atoms with Crippen LogP contribution in [0.1, 0.15) is 0 Å². The van der Waals surface area contributed by atoms with Gasteiger partial charge in [0.15, 0.2) is 11.2 Å². The first-order chi connectivity index (χ1) is 72.9. The fourth-order valence-corrected chi connectivity index (χ4v) is 17.7. The van der Waals surface area contributed by atoms with Crippen LogP contribution >= 0.6 is 38.5 Å². The molecule has 0 atom stereocenters. The van der Waals surface area contributed by atoms with Crippen LogP contribution in [-0.4, -0.2) is 58.2 Å². The van der Waals surface area contributed by atoms with Crippen LogP contribution in [-0.2, 0) is 0 Å². The van der Waals surface area contributed by atoms with Crippen molar-refractivity contribution in [1.82, 2.24) is 39.4 Å². The summed E-state index contributed by atoms with van der Waals surface area (Å²) < 4.78 is 87.3. The molecule has 15 aromatic carbocycles. The van der Waals surface area contributed by atoms with E-state index >= 15 is 0 Å². The van der Waals surface area contributed by atoms with Crippen molar-refractivity contribution in [2.75, 3.05) is 18.6 Å². The van der Waals surface area contributed by atoms with Gasteiger partial charge in [0.1, 0.15) is 125 Å². The van der Waals surface area contributed by atoms with Crippen LogP contribution in [0.5, 0.6) is 110 Å². The molecule has 0 fully saturated rings. The van der Waals surface area contributed by atoms with Gasteiger partial charge in [-0.3, -0.25) is 0 Å². The second kappa shape index (κ2) is 45.2. The molecule has 0 unspecified atom stereocenters. The Morgan fingerprint density at radius 1 is 0.268 bits per heavy atom. The van der Waals surface area contributed by atoms with Crippen molar-refractivity contribution in [2.45, 2.75) is 0 Å². The molecule has 0 amide bonds. The summed E-state index contributed by atoms with van der Waals surface area (Å²) in [7, 11) is 2.04. The molecule has 11 aromatic heterocycles. The van der Waals surface area contributed by atoms with Crippen LogP contribution in [0, 0.1) is 3.57 Å². The van der Waals surface area contributed by atoms with E-state index in [2.05, 4.69) is 102 Å². The highest BCUT2D eigenvalue weighted by Gasteiger charge is 2.23. The summed E-state index contributed by atoms with van der Waals surface area (Å²) in [6.45, 7) is 0.739. The van der Waals surface area contributed by atoms with E-state index in [0.717, 1.165) is 148 Å². The Balaban J connectivity index is 0.000000107. The van der Waals surface area contributed by atoms with Crippen molar-refractivity contribution in [3.63, 3.8) is 0 Å². The third kappa shape index (κ3) is 23.3. The highest BCUT2D eigenvalue weighted by molar-refractivity contribution is 14.1. The molecule has 12 heterocycles. The van der Waals surface area contributed by atoms with Crippen LogP contribution < -0.4 is 71.5 Å². The van der Waals surface area contributed by atoms with Crippen molar-refractivity contribution in [1.29, 1.82) is 0 Å². The van der Waals surface area contributed by atoms with Gasteiger partial charge >= 0.3 is 0 Å². The Labute approximate surface area is 890 Å². The lowest BCUT2D eigenvalue weighted by molar-refractivity contribution is -0.0000364. The number of aromatic hydroxyl groups is 1. The number of fused-ring (bicyclic) bond motifs is 15. The molecule has 1 aliphatic heterocycles. The summed E-state index contributed by atoms with van der Waals surface area (Å²) in [5.74, 6) is 11.7. The molecule has 24 nitrogen and oxygen atoms in total. The first-order valence-corrected chi connectivity index (χ1v) is 48.7. The molecule has 0 bridgehead atoms. The first-order valence-electron chi connectivity index (χ1n) is 46.8. The van der Waals surface area contributed by atoms with E-state index in [1.807, 2.05) is 382 Å². The molecule has 27 rings (SSSR count). The number of nitrogens with zero attached hydrogens (tertiary/aromatic N) is 9. The zero-order valence-corrected chi connectivity index (χ0v) is 84.9. The molecule has 27 heteroatoms. The van der Waals surface area contributed by atoms with Gasteiger partial charge in [-0.25, -0.2) is 29.9 Å². The van der Waals surface area contributed by atoms with Crippen molar-refractivity contribution < 1.29 is 93.8 Å². The van der Waals surface area contributed by atoms with Crippen LogP contribution in [0.2, 0.25) is 0 Å². The summed E-state index contributed by atoms with van der Waals surface area (Å²) in [5.41, 5.74) is 10.5. The predicted molar refractivity (Wildman–Crippen MR) is 586 cm³/mol. The van der Waals surface area contributed by atoms with Crippen LogP contribution in [0.3, 0.4) is 0 Å². The number of hydrogen-bond acceptors (Lipinski definition) is 23. The summed E-state index contributed by atoms with van der Waals surface area (Å²) in [6.07, 6.45) is 17.9. The molecular weight excluding hydrogens is 2170 g/mol. The standard InChI is InChI=1S/C27H21N3O3.C26H17N3O3.C23H14INO3.C23H15NO3.C12H7BrO.C11H9NO2.HI/c1-29-13-14-30(18-29)24-17-21(16-23-22-9-2-3-10-25(22)33-27(23)24)31-19-7-6-8-20(15-19)32-26-11-4-5-12-28-26;1-2-9-24-21(8-1)22-15-20(16-23(26(22)32-24)29-13-12-27-17-29)30-18-6-5-7-19(14-18)31-25-10-3-4-11-28-25;24-20-14-17(13-19-18-8-1-2-9-21(18)28-23(19)20)26-15-6-5-7-16(12-15)27-22-10-3-4-11-25-22;1-2-9-21-19(8-1)20-15-18(11-12-22(20)27-21)25-16-6-5-7-17(14-16)26-23-10-3-4-13-24-23;13-8-5-6-12-10(7-8)9-3-1-2-4-11(9)14-12;13-9-4-3-5-10(8-9)14-11-6-1-2-7-12-11;/h2-17H,18H2,1H3;1-17H;1-14H;1-15H;1-7H;1-8,13H;1H/p-1. The Kier molecular flexibility index (Phi) is 29.3. The van der Waals surface area contributed by atoms with E-state index in [-0.39, 0.29) is 29.7 Å². The Bertz CT molecular complexity index is 9190. The van der Waals surface area contributed by atoms with Gasteiger partial charge in [0.2, 0.25) is 29.4 Å². The van der Waals surface area contributed by atoms with Gasteiger partial charge in [0.25, 0.3) is 0 Å². The van der Waals surface area contributed by atoms with Crippen LogP contribution in [0.4, 0.5) is 5.69 Å². The van der Waals surface area contributed by atoms with Crippen molar-refractivity contribution in [3.05, 3.63) is 477 Å². The lowest BCUT2D eigenvalue weighted by atomic mass is 10.1. The number of hydrogen-bond donors (Lipinski definition) is 1. The number of aromatic nitrogens is 7. The van der Waals surface area contributed by atoms with E-state index < -0.39 is 0 Å². The lowest BCUT2D eigenvalue weighted by Gasteiger charge is -2.19. The van der Waals surface area contributed by atoms with Crippen molar-refractivity contribution in [2.24, 2.45) is 0 Å². The Morgan fingerprint density at radius 3 is 0.973 bits per heavy atom. The molecule has 0 radical (unpaired) electrons. The predicted octanol–water partition coefficient (Wildman–Crippen LogP) is 31.2. The molecule has 1 aliphatic rings. The fourth-order valence-electron chi connectivity index (χ4n) is 16.6. The van der Waals surface area contributed by atoms with E-state index in [1.54, 1.807) is 67.8 Å². The van der Waals surface area contributed by atoms with Gasteiger partial charge in [-0.1, -0.05) is 168 Å². The number of rotatable bonds is 20. The summed E-state index contributed by atoms with van der Waals surface area (Å²) in [6, 6.07) is 128. The summed E-state index contributed by atoms with van der Waals surface area (Å²) in [4.78, 5) is 29.2. The fraction of sp³-hybridized carbons (Fsp3) is 0.0164. The van der Waals surface area contributed by atoms with E-state index in [0.29, 0.717) is 86.9 Å². The number of anilines is 1. The number of phenolic OH excluding ortho intramolecular Hbond substituents is 1. The van der Waals surface area contributed by atoms with E-state index in [1.165, 1.54) is 11.5 Å². The van der Waals surface area contributed by atoms with Gasteiger partial charge in [-0.2, -0.15) is 0 Å². The smallest absolute Gasteiger partial charge is 0.219 e. The molecule has 0 saturated heterocycles. The molecule has 26 aromatic rings. The van der Waals surface area contributed by atoms with E-state index in [4.69, 9.17) is 64.7 Å². The molecule has 0 saturated carbocycles. The van der Waals surface area contributed by atoms with E-state index in [9.17, 15) is 5.11 Å². The number of furan rings is 5. The maximum absolute atomic E-state index is 9.19. The lowest BCUT2D eigenvalue weighted by Crippen LogP contribution is -3.00. The van der Waals surface area contributed by atoms with Crippen LogP contribution in [0.25, 0.3) is 115 Å². The van der Waals surface area contributed by atoms with Gasteiger partial charge in [-0.15, -0.1) is 0 Å². The van der Waals surface area contributed by atoms with Crippen molar-refractivity contribution >= 4 is 154 Å². The van der Waals surface area contributed by atoms with Gasteiger partial charge in [0.05, 0.1) is 27.9 Å². The SMILES string of the molecule is Brc1ccc2oc3ccccc3c2c1.CN1C=CN(c2cc(Oc3cccc(Oc4ccccn4)c3)cc3c2oc2ccccc23)C1.Ic1cc(Oc2cccc(Oc3ccccn3)c2)cc2c1oc1ccccc12.Oc1cccc(Oc2ccccn2)c1.[I-].c1ccc(Oc2cccc(Oc3cc(-n4ccnc4)c4oc5ccccc5c4c3)c2)nc1.c1ccc(Oc2cccc(Oc3ccc4oc5ccccc5c4c3)c2)nc1. The van der Waals surface area contributed by atoms with Crippen molar-refractivity contribution in [3.8, 4) is 116 Å². The molecule has 0 aliphatic carbocycles. The quantitative estimate of drug-likeness (QED) is 0.0695. The topological polar surface area (TPSA) is 258 Å². The molecular formula is C122H83BrI2N9O15-. The minimum Gasteiger partial charge on any atom is -1.00 e. The number of ether oxygens (including phenoxy) is 9. The third-order valence-electron chi connectivity index (χ3n) is 23.2. The average molecular weight is 2250 g/mol. The normalized spacial score (nSPS) is 11.3. The molecule has 728 valence electrons. The molecule has 149 heavy (non-hydrogen) atoms. The Hall–Kier alpha value is -18.5. The van der Waals surface area contributed by atoms with Gasteiger partial charge in [-0.05, 0) is 205 Å². The number of imidazole rings is 1.